The second-order valence-corrected chi connectivity index (χ2v) is 10.7. The van der Waals surface area contributed by atoms with Gasteiger partial charge in [0.25, 0.3) is 0 Å². The summed E-state index contributed by atoms with van der Waals surface area (Å²) < 4.78 is 33.5. The first-order chi connectivity index (χ1) is 15.9. The standard InChI is InChI=1S/C25H28N4O3S/c1-18-3-9-21(10-4-18)33(30,31)29-14-12-25-23(17-29)22-16-28(13-11-24(22)26-27-25)15-19-5-7-20(32-2)8-6-19/h3-10H,11-17H2,1-2H3. The van der Waals surface area contributed by atoms with Crippen LogP contribution in [0, 0.1) is 6.92 Å². The molecule has 7 nitrogen and oxygen atoms in total. The molecule has 2 aliphatic heterocycles. The summed E-state index contributed by atoms with van der Waals surface area (Å²) in [5.74, 6) is 0.849. The summed E-state index contributed by atoms with van der Waals surface area (Å²) in [6.07, 6.45) is 1.40. The second kappa shape index (κ2) is 8.85. The number of sulfonamides is 1. The Labute approximate surface area is 195 Å². The van der Waals surface area contributed by atoms with Crippen molar-refractivity contribution in [2.45, 2.75) is 44.3 Å². The monoisotopic (exact) mass is 464 g/mol. The normalized spacial score (nSPS) is 16.8. The first-order valence-electron chi connectivity index (χ1n) is 11.2. The Morgan fingerprint density at radius 2 is 1.52 bits per heavy atom. The fraction of sp³-hybridized carbons (Fsp3) is 0.360. The van der Waals surface area contributed by atoms with E-state index in [-0.39, 0.29) is 0 Å². The van der Waals surface area contributed by atoms with Crippen molar-refractivity contribution in [3.63, 3.8) is 0 Å². The van der Waals surface area contributed by atoms with E-state index in [1.165, 1.54) is 5.56 Å². The first kappa shape index (κ1) is 22.0. The molecule has 0 atom stereocenters. The molecule has 0 spiro atoms. The molecule has 0 saturated carbocycles. The van der Waals surface area contributed by atoms with Gasteiger partial charge in [-0.3, -0.25) is 4.90 Å². The van der Waals surface area contributed by atoms with E-state index in [1.807, 2.05) is 31.2 Å². The number of hydrogen-bond donors (Lipinski definition) is 0. The molecular weight excluding hydrogens is 436 g/mol. The smallest absolute Gasteiger partial charge is 0.243 e. The van der Waals surface area contributed by atoms with Gasteiger partial charge in [-0.25, -0.2) is 8.42 Å². The number of ether oxygens (including phenoxy) is 1. The van der Waals surface area contributed by atoms with Crippen molar-refractivity contribution >= 4 is 10.0 Å². The number of benzene rings is 2. The minimum Gasteiger partial charge on any atom is -0.497 e. The highest BCUT2D eigenvalue weighted by Crippen LogP contribution is 2.30. The predicted molar refractivity (Wildman–Crippen MR) is 125 cm³/mol. The zero-order chi connectivity index (χ0) is 23.0. The zero-order valence-corrected chi connectivity index (χ0v) is 19.8. The molecule has 33 heavy (non-hydrogen) atoms. The Morgan fingerprint density at radius 3 is 2.18 bits per heavy atom. The van der Waals surface area contributed by atoms with Gasteiger partial charge in [0.1, 0.15) is 5.75 Å². The Balaban J connectivity index is 1.39. The van der Waals surface area contributed by atoms with Crippen molar-refractivity contribution in [1.82, 2.24) is 19.4 Å². The lowest BCUT2D eigenvalue weighted by Gasteiger charge is -2.33. The summed E-state index contributed by atoms with van der Waals surface area (Å²) >= 11 is 0. The molecular formula is C25H28N4O3S. The molecule has 8 heteroatoms. The maximum Gasteiger partial charge on any atom is 0.243 e. The molecule has 0 fully saturated rings. The maximum absolute atomic E-state index is 13.3. The van der Waals surface area contributed by atoms with E-state index in [0.29, 0.717) is 24.4 Å². The van der Waals surface area contributed by atoms with Crippen LogP contribution in [0.5, 0.6) is 5.75 Å². The first-order valence-corrected chi connectivity index (χ1v) is 12.7. The zero-order valence-electron chi connectivity index (χ0n) is 19.0. The summed E-state index contributed by atoms with van der Waals surface area (Å²) in [4.78, 5) is 2.73. The minimum absolute atomic E-state index is 0.341. The Bertz CT molecular complexity index is 1260. The van der Waals surface area contributed by atoms with Crippen molar-refractivity contribution in [3.8, 4) is 5.75 Å². The van der Waals surface area contributed by atoms with Crippen molar-refractivity contribution in [3.05, 3.63) is 82.2 Å². The lowest BCUT2D eigenvalue weighted by atomic mass is 9.96. The van der Waals surface area contributed by atoms with Crippen molar-refractivity contribution < 1.29 is 13.2 Å². The molecule has 0 amide bonds. The topological polar surface area (TPSA) is 75.6 Å². The molecule has 5 rings (SSSR count). The van der Waals surface area contributed by atoms with Gasteiger partial charge in [0.2, 0.25) is 10.0 Å². The predicted octanol–water partition coefficient (Wildman–Crippen LogP) is 3.10. The highest BCUT2D eigenvalue weighted by atomic mass is 32.2. The Morgan fingerprint density at radius 1 is 0.879 bits per heavy atom. The number of hydrogen-bond acceptors (Lipinski definition) is 6. The fourth-order valence-electron chi connectivity index (χ4n) is 4.61. The van der Waals surface area contributed by atoms with Crippen molar-refractivity contribution in [2.75, 3.05) is 20.2 Å². The average Bonchev–Trinajstić information content (AvgIpc) is 2.84. The molecule has 172 valence electrons. The number of methoxy groups -OCH3 is 1. The number of fused-ring (bicyclic) bond motifs is 3. The highest BCUT2D eigenvalue weighted by molar-refractivity contribution is 7.89. The summed E-state index contributed by atoms with van der Waals surface area (Å²) in [5.41, 5.74) is 6.35. The summed E-state index contributed by atoms with van der Waals surface area (Å²) in [5, 5.41) is 8.95. The van der Waals surface area contributed by atoms with Crippen LogP contribution >= 0.6 is 0 Å². The largest absolute Gasteiger partial charge is 0.497 e. The van der Waals surface area contributed by atoms with E-state index < -0.39 is 10.0 Å². The van der Waals surface area contributed by atoms with Gasteiger partial charge in [-0.05, 0) is 47.9 Å². The molecule has 2 aliphatic rings. The van der Waals surface area contributed by atoms with E-state index in [2.05, 4.69) is 27.2 Å². The molecule has 0 saturated heterocycles. The number of nitrogens with zero attached hydrogens (tertiary/aromatic N) is 4. The highest BCUT2D eigenvalue weighted by Gasteiger charge is 2.32. The molecule has 2 aromatic carbocycles. The second-order valence-electron chi connectivity index (χ2n) is 8.76. The quantitative estimate of drug-likeness (QED) is 0.578. The molecule has 1 aromatic heterocycles. The fourth-order valence-corrected chi connectivity index (χ4v) is 6.02. The van der Waals surface area contributed by atoms with E-state index in [0.717, 1.165) is 59.9 Å². The van der Waals surface area contributed by atoms with Crippen LogP contribution in [0.15, 0.2) is 53.4 Å². The van der Waals surface area contributed by atoms with Gasteiger partial charge < -0.3 is 4.74 Å². The molecule has 3 heterocycles. The number of aryl methyl sites for hydroxylation is 1. The van der Waals surface area contributed by atoms with Crippen LogP contribution in [0.4, 0.5) is 0 Å². The summed E-state index contributed by atoms with van der Waals surface area (Å²) in [6, 6.07) is 15.2. The van der Waals surface area contributed by atoms with Crippen LogP contribution in [-0.4, -0.2) is 48.0 Å². The van der Waals surface area contributed by atoms with Crippen LogP contribution < -0.4 is 4.74 Å². The van der Waals surface area contributed by atoms with E-state index >= 15 is 0 Å². The van der Waals surface area contributed by atoms with Gasteiger partial charge in [0.05, 0.1) is 23.4 Å². The minimum atomic E-state index is -3.56. The molecule has 0 unspecified atom stereocenters. The maximum atomic E-state index is 13.3. The van der Waals surface area contributed by atoms with Gasteiger partial charge in [0.15, 0.2) is 0 Å². The van der Waals surface area contributed by atoms with E-state index in [4.69, 9.17) is 4.74 Å². The van der Waals surface area contributed by atoms with Crippen molar-refractivity contribution in [2.24, 2.45) is 0 Å². The Kier molecular flexibility index (Phi) is 5.90. The van der Waals surface area contributed by atoms with Crippen molar-refractivity contribution in [1.29, 1.82) is 0 Å². The van der Waals surface area contributed by atoms with Gasteiger partial charge in [0, 0.05) is 45.6 Å². The molecule has 0 bridgehead atoms. The van der Waals surface area contributed by atoms with E-state index in [9.17, 15) is 8.42 Å². The summed E-state index contributed by atoms with van der Waals surface area (Å²) in [7, 11) is -1.89. The molecule has 0 radical (unpaired) electrons. The van der Waals surface area contributed by atoms with Gasteiger partial charge in [-0.2, -0.15) is 14.5 Å². The van der Waals surface area contributed by atoms with Gasteiger partial charge in [-0.1, -0.05) is 29.8 Å². The third-order valence-corrected chi connectivity index (χ3v) is 8.41. The third kappa shape index (κ3) is 4.38. The van der Waals surface area contributed by atoms with Crippen LogP contribution in [0.25, 0.3) is 0 Å². The van der Waals surface area contributed by atoms with Crippen LogP contribution in [0.2, 0.25) is 0 Å². The van der Waals surface area contributed by atoms with Crippen LogP contribution in [0.1, 0.15) is 33.6 Å². The third-order valence-electron chi connectivity index (χ3n) is 6.56. The summed E-state index contributed by atoms with van der Waals surface area (Å²) in [6.45, 7) is 5.20. The van der Waals surface area contributed by atoms with Crippen LogP contribution in [-0.2, 0) is 42.5 Å². The SMILES string of the molecule is COc1ccc(CN2CCc3nnc4c(c3C2)CN(S(=O)(=O)c2ccc(C)cc2)CC4)cc1. The number of aromatic nitrogens is 2. The van der Waals surface area contributed by atoms with Crippen LogP contribution in [0.3, 0.4) is 0 Å². The van der Waals surface area contributed by atoms with Gasteiger partial charge in [-0.15, -0.1) is 0 Å². The Hall–Kier alpha value is -2.81. The van der Waals surface area contributed by atoms with Gasteiger partial charge >= 0.3 is 0 Å². The molecule has 0 aliphatic carbocycles. The number of rotatable bonds is 5. The lowest BCUT2D eigenvalue weighted by Crippen LogP contribution is -2.39. The average molecular weight is 465 g/mol. The molecule has 0 N–H and O–H groups in total. The molecule has 3 aromatic rings. The van der Waals surface area contributed by atoms with E-state index in [1.54, 1.807) is 23.5 Å². The lowest BCUT2D eigenvalue weighted by molar-refractivity contribution is 0.239.